The van der Waals surface area contributed by atoms with Crippen molar-refractivity contribution in [1.29, 1.82) is 0 Å². The van der Waals surface area contributed by atoms with Crippen molar-refractivity contribution < 1.29 is 13.2 Å². The van der Waals surface area contributed by atoms with E-state index in [0.717, 1.165) is 53.4 Å². The third kappa shape index (κ3) is 4.06. The molecular weight excluding hydrogens is 539 g/mol. The average Bonchev–Trinajstić information content (AvgIpc) is 3.49. The van der Waals surface area contributed by atoms with Crippen LogP contribution in [0.15, 0.2) is 53.7 Å². The quantitative estimate of drug-likeness (QED) is 0.453. The van der Waals surface area contributed by atoms with E-state index in [2.05, 4.69) is 33.8 Å². The number of hydrogen-bond acceptors (Lipinski definition) is 4. The molecule has 0 radical (unpaired) electrons. The van der Waals surface area contributed by atoms with Gasteiger partial charge in [-0.3, -0.25) is 4.79 Å². The number of piperidine rings is 1. The van der Waals surface area contributed by atoms with Gasteiger partial charge in [0, 0.05) is 35.9 Å². The Morgan fingerprint density at radius 2 is 1.69 bits per heavy atom. The molecular formula is C23H25IN4O3S. The number of carbonyl (C=O) groups is 1. The number of rotatable bonds is 4. The molecule has 2 fully saturated rings. The van der Waals surface area contributed by atoms with E-state index in [4.69, 9.17) is 0 Å². The van der Waals surface area contributed by atoms with Gasteiger partial charge in [0.25, 0.3) is 5.91 Å². The van der Waals surface area contributed by atoms with Gasteiger partial charge >= 0.3 is 0 Å². The number of carbonyl (C=O) groups excluding carboxylic acids is 1. The summed E-state index contributed by atoms with van der Waals surface area (Å²) in [5.41, 5.74) is 2.61. The van der Waals surface area contributed by atoms with Gasteiger partial charge in [0.05, 0.1) is 22.2 Å². The van der Waals surface area contributed by atoms with Crippen molar-refractivity contribution in [3.63, 3.8) is 0 Å². The lowest BCUT2D eigenvalue weighted by Gasteiger charge is -2.31. The minimum atomic E-state index is -3.47. The number of halogens is 1. The zero-order valence-corrected chi connectivity index (χ0v) is 20.6. The van der Waals surface area contributed by atoms with Gasteiger partial charge < -0.3 is 4.90 Å². The molecule has 1 amide bonds. The molecule has 0 spiro atoms. The van der Waals surface area contributed by atoms with E-state index in [1.807, 2.05) is 29.3 Å². The van der Waals surface area contributed by atoms with Crippen molar-refractivity contribution in [2.24, 2.45) is 0 Å². The van der Waals surface area contributed by atoms with Gasteiger partial charge in [0.1, 0.15) is 0 Å². The molecule has 0 unspecified atom stereocenters. The SMILES string of the molecule is O=C(c1cnn2ccc(C3CCN(S(=O)(=O)c4ccc(I)cc4)CC3)cc12)N1CCCC1. The highest BCUT2D eigenvalue weighted by molar-refractivity contribution is 14.1. The van der Waals surface area contributed by atoms with E-state index in [-0.39, 0.29) is 11.8 Å². The Kier molecular flexibility index (Phi) is 5.98. The standard InChI is InChI=1S/C23H25IN4O3S/c24-19-3-5-20(6-4-19)32(30,31)27-12-7-17(8-13-27)18-9-14-28-22(15-18)21(16-25-28)23(29)26-10-1-2-11-26/h3-6,9,14-17H,1-2,7-8,10-13H2. The van der Waals surface area contributed by atoms with Crippen LogP contribution < -0.4 is 0 Å². The molecule has 2 saturated heterocycles. The maximum absolute atomic E-state index is 13.0. The number of hydrogen-bond donors (Lipinski definition) is 0. The molecule has 0 aliphatic carbocycles. The van der Waals surface area contributed by atoms with Crippen molar-refractivity contribution in [3.8, 4) is 0 Å². The third-order valence-corrected chi connectivity index (χ3v) is 9.18. The highest BCUT2D eigenvalue weighted by Crippen LogP contribution is 2.32. The van der Waals surface area contributed by atoms with Crippen LogP contribution >= 0.6 is 22.6 Å². The predicted molar refractivity (Wildman–Crippen MR) is 130 cm³/mol. The minimum absolute atomic E-state index is 0.0492. The van der Waals surface area contributed by atoms with E-state index in [1.165, 1.54) is 0 Å². The first-order valence-corrected chi connectivity index (χ1v) is 13.5. The third-order valence-electron chi connectivity index (χ3n) is 6.55. The fraction of sp³-hybridized carbons (Fsp3) is 0.391. The molecule has 7 nitrogen and oxygen atoms in total. The molecule has 0 saturated carbocycles. The number of fused-ring (bicyclic) bond motifs is 1. The molecule has 2 aliphatic heterocycles. The fourth-order valence-corrected chi connectivity index (χ4v) is 6.52. The first kappa shape index (κ1) is 21.8. The van der Waals surface area contributed by atoms with Crippen LogP contribution in [0.1, 0.15) is 47.5 Å². The second-order valence-electron chi connectivity index (χ2n) is 8.48. The Morgan fingerprint density at radius 3 is 2.38 bits per heavy atom. The van der Waals surface area contributed by atoms with Crippen LogP contribution in [-0.4, -0.2) is 59.3 Å². The summed E-state index contributed by atoms with van der Waals surface area (Å²) < 4.78 is 30.3. The Hall–Kier alpha value is -1.98. The number of sulfonamides is 1. The Bertz CT molecular complexity index is 1240. The van der Waals surface area contributed by atoms with Gasteiger partial charge in [-0.25, -0.2) is 12.9 Å². The molecule has 0 atom stereocenters. The summed E-state index contributed by atoms with van der Waals surface area (Å²) in [4.78, 5) is 15.2. The zero-order chi connectivity index (χ0) is 22.3. The van der Waals surface area contributed by atoms with Crippen LogP contribution in [0.25, 0.3) is 5.52 Å². The maximum Gasteiger partial charge on any atom is 0.257 e. The van der Waals surface area contributed by atoms with E-state index >= 15 is 0 Å². The molecule has 0 N–H and O–H groups in total. The highest BCUT2D eigenvalue weighted by Gasteiger charge is 2.30. The summed E-state index contributed by atoms with van der Waals surface area (Å²) in [6.45, 7) is 2.60. The van der Waals surface area contributed by atoms with Crippen LogP contribution in [0, 0.1) is 3.57 Å². The lowest BCUT2D eigenvalue weighted by molar-refractivity contribution is 0.0794. The molecule has 1 aromatic carbocycles. The minimum Gasteiger partial charge on any atom is -0.339 e. The van der Waals surface area contributed by atoms with Crippen LogP contribution in [0.2, 0.25) is 0 Å². The molecule has 5 rings (SSSR count). The number of benzene rings is 1. The Labute approximate surface area is 201 Å². The van der Waals surface area contributed by atoms with Crippen LogP contribution in [0.5, 0.6) is 0 Å². The van der Waals surface area contributed by atoms with Crippen LogP contribution in [0.4, 0.5) is 0 Å². The van der Waals surface area contributed by atoms with E-state index in [0.29, 0.717) is 23.5 Å². The second-order valence-corrected chi connectivity index (χ2v) is 11.7. The van der Waals surface area contributed by atoms with Gasteiger partial charge in [-0.15, -0.1) is 0 Å². The van der Waals surface area contributed by atoms with Gasteiger partial charge in [-0.1, -0.05) is 0 Å². The van der Waals surface area contributed by atoms with Gasteiger partial charge in [0.2, 0.25) is 10.0 Å². The normalized spacial score (nSPS) is 18.5. The lowest BCUT2D eigenvalue weighted by Crippen LogP contribution is -2.37. The summed E-state index contributed by atoms with van der Waals surface area (Å²) in [5.74, 6) is 0.306. The molecule has 32 heavy (non-hydrogen) atoms. The predicted octanol–water partition coefficient (Wildman–Crippen LogP) is 3.74. The average molecular weight is 564 g/mol. The highest BCUT2D eigenvalue weighted by atomic mass is 127. The second kappa shape index (κ2) is 8.75. The van der Waals surface area contributed by atoms with E-state index in [9.17, 15) is 13.2 Å². The summed E-state index contributed by atoms with van der Waals surface area (Å²) >= 11 is 2.17. The molecule has 9 heteroatoms. The monoisotopic (exact) mass is 564 g/mol. The number of pyridine rings is 1. The molecule has 4 heterocycles. The molecule has 3 aromatic rings. The Balaban J connectivity index is 1.33. The number of aromatic nitrogens is 2. The van der Waals surface area contributed by atoms with Gasteiger partial charge in [-0.05, 0) is 96.2 Å². The van der Waals surface area contributed by atoms with Gasteiger partial charge in [0.15, 0.2) is 0 Å². The lowest BCUT2D eigenvalue weighted by atomic mass is 9.90. The zero-order valence-electron chi connectivity index (χ0n) is 17.7. The van der Waals surface area contributed by atoms with Crippen molar-refractivity contribution >= 4 is 44.0 Å². The van der Waals surface area contributed by atoms with Crippen molar-refractivity contribution in [1.82, 2.24) is 18.8 Å². The summed E-state index contributed by atoms with van der Waals surface area (Å²) in [7, 11) is -3.47. The molecule has 168 valence electrons. The first-order chi connectivity index (χ1) is 15.4. The van der Waals surface area contributed by atoms with Crippen LogP contribution in [0.3, 0.4) is 0 Å². The maximum atomic E-state index is 13.0. The van der Waals surface area contributed by atoms with E-state index in [1.54, 1.807) is 27.2 Å². The molecule has 0 bridgehead atoms. The summed E-state index contributed by atoms with van der Waals surface area (Å²) in [5, 5.41) is 4.36. The topological polar surface area (TPSA) is 75.0 Å². The summed E-state index contributed by atoms with van der Waals surface area (Å²) in [6.07, 6.45) is 7.18. The van der Waals surface area contributed by atoms with Crippen molar-refractivity contribution in [2.45, 2.75) is 36.5 Å². The Morgan fingerprint density at radius 1 is 1.00 bits per heavy atom. The van der Waals surface area contributed by atoms with Gasteiger partial charge in [-0.2, -0.15) is 9.40 Å². The first-order valence-electron chi connectivity index (χ1n) is 11.0. The summed E-state index contributed by atoms with van der Waals surface area (Å²) in [6, 6.07) is 11.1. The number of amides is 1. The number of likely N-dealkylation sites (tertiary alicyclic amines) is 1. The smallest absolute Gasteiger partial charge is 0.257 e. The van der Waals surface area contributed by atoms with E-state index < -0.39 is 10.0 Å². The van der Waals surface area contributed by atoms with Crippen molar-refractivity contribution in [2.75, 3.05) is 26.2 Å². The molecule has 2 aromatic heterocycles. The largest absolute Gasteiger partial charge is 0.339 e. The number of nitrogens with zero attached hydrogens (tertiary/aromatic N) is 4. The van der Waals surface area contributed by atoms with Crippen molar-refractivity contribution in [3.05, 3.63) is 63.5 Å². The van der Waals surface area contributed by atoms with Crippen LogP contribution in [-0.2, 0) is 10.0 Å². The fourth-order valence-electron chi connectivity index (χ4n) is 4.69. The molecule has 2 aliphatic rings.